The predicted molar refractivity (Wildman–Crippen MR) is 58.4 cm³/mol. The van der Waals surface area contributed by atoms with Gasteiger partial charge in [0.2, 0.25) is 5.91 Å². The Bertz CT molecular complexity index is 337. The van der Waals surface area contributed by atoms with E-state index in [9.17, 15) is 10.1 Å². The van der Waals surface area contributed by atoms with Crippen molar-refractivity contribution in [2.45, 2.75) is 39.2 Å². The van der Waals surface area contributed by atoms with Gasteiger partial charge in [-0.2, -0.15) is 5.26 Å². The number of ether oxygens (including phenoxy) is 1. The molecule has 0 aromatic carbocycles. The van der Waals surface area contributed by atoms with Crippen molar-refractivity contribution in [3.05, 3.63) is 0 Å². The molecule has 0 aromatic rings. The van der Waals surface area contributed by atoms with Crippen LogP contribution in [0.3, 0.4) is 0 Å². The summed E-state index contributed by atoms with van der Waals surface area (Å²) in [6, 6.07) is 2.43. The van der Waals surface area contributed by atoms with E-state index in [0.717, 1.165) is 6.42 Å². The Morgan fingerprint density at radius 3 is 2.44 bits per heavy atom. The maximum absolute atomic E-state index is 12.1. The van der Waals surface area contributed by atoms with Gasteiger partial charge in [0.05, 0.1) is 6.07 Å². The van der Waals surface area contributed by atoms with Crippen molar-refractivity contribution in [1.29, 1.82) is 5.26 Å². The Morgan fingerprint density at radius 1 is 1.44 bits per heavy atom. The minimum Gasteiger partial charge on any atom is -0.381 e. The third-order valence-corrected chi connectivity index (χ3v) is 3.81. The average molecular weight is 222 g/mol. The number of carbonyl (C=O) groups is 1. The highest BCUT2D eigenvalue weighted by Gasteiger charge is 2.50. The molecule has 1 saturated heterocycles. The van der Waals surface area contributed by atoms with Gasteiger partial charge in [-0.05, 0) is 24.7 Å². The first kappa shape index (κ1) is 11.4. The van der Waals surface area contributed by atoms with Gasteiger partial charge in [0.15, 0.2) is 0 Å². The normalized spacial score (nSPS) is 30.2. The molecule has 1 amide bonds. The van der Waals surface area contributed by atoms with Crippen molar-refractivity contribution in [3.63, 3.8) is 0 Å². The fraction of sp³-hybridized carbons (Fsp3) is 0.833. The molecule has 1 aliphatic carbocycles. The van der Waals surface area contributed by atoms with E-state index >= 15 is 0 Å². The van der Waals surface area contributed by atoms with Crippen LogP contribution in [-0.2, 0) is 9.53 Å². The standard InChI is InChI=1S/C12H18N2O2/c1-11(2)7-9(11)14-10(15)12(8-13)3-5-16-6-4-12/h9H,3-7H2,1-2H3,(H,14,15). The lowest BCUT2D eigenvalue weighted by atomic mass is 9.81. The van der Waals surface area contributed by atoms with E-state index in [2.05, 4.69) is 25.2 Å². The van der Waals surface area contributed by atoms with E-state index in [0.29, 0.717) is 26.1 Å². The Balaban J connectivity index is 1.99. The second-order valence-electron chi connectivity index (χ2n) is 5.53. The molecule has 1 saturated carbocycles. The molecular formula is C12H18N2O2. The zero-order valence-corrected chi connectivity index (χ0v) is 9.88. The SMILES string of the molecule is CC1(C)CC1NC(=O)C1(C#N)CCOCC1. The number of rotatable bonds is 2. The van der Waals surface area contributed by atoms with Gasteiger partial charge in [-0.25, -0.2) is 0 Å². The van der Waals surface area contributed by atoms with Crippen LogP contribution in [-0.4, -0.2) is 25.2 Å². The predicted octanol–water partition coefficient (Wildman–Crippen LogP) is 1.22. The molecule has 2 aliphatic rings. The van der Waals surface area contributed by atoms with Crippen molar-refractivity contribution in [1.82, 2.24) is 5.32 Å². The summed E-state index contributed by atoms with van der Waals surface area (Å²) in [5.74, 6) is -0.103. The third-order valence-electron chi connectivity index (χ3n) is 3.81. The summed E-state index contributed by atoms with van der Waals surface area (Å²) in [6.45, 7) is 5.27. The van der Waals surface area contributed by atoms with Crippen molar-refractivity contribution in [2.75, 3.05) is 13.2 Å². The second-order valence-corrected chi connectivity index (χ2v) is 5.53. The van der Waals surface area contributed by atoms with Crippen LogP contribution in [0.25, 0.3) is 0 Å². The number of nitrogens with zero attached hydrogens (tertiary/aromatic N) is 1. The highest BCUT2D eigenvalue weighted by Crippen LogP contribution is 2.45. The molecule has 1 N–H and O–H groups in total. The fourth-order valence-corrected chi connectivity index (χ4v) is 2.12. The van der Waals surface area contributed by atoms with E-state index in [-0.39, 0.29) is 17.4 Å². The number of nitrogens with one attached hydrogen (secondary N) is 1. The summed E-state index contributed by atoms with van der Waals surface area (Å²) in [5, 5.41) is 12.2. The monoisotopic (exact) mass is 222 g/mol. The fourth-order valence-electron chi connectivity index (χ4n) is 2.12. The summed E-state index contributed by atoms with van der Waals surface area (Å²) in [6.07, 6.45) is 2.04. The third kappa shape index (κ3) is 1.92. The number of amides is 1. The Labute approximate surface area is 96.0 Å². The lowest BCUT2D eigenvalue weighted by Crippen LogP contribution is -2.45. The van der Waals surface area contributed by atoms with E-state index in [4.69, 9.17) is 4.74 Å². The molecule has 2 rings (SSSR count). The molecule has 0 radical (unpaired) electrons. The van der Waals surface area contributed by atoms with E-state index in [1.807, 2.05) is 0 Å². The number of hydrogen-bond acceptors (Lipinski definition) is 3. The number of nitriles is 1. The summed E-state index contributed by atoms with van der Waals surface area (Å²) in [4.78, 5) is 12.1. The highest BCUT2D eigenvalue weighted by atomic mass is 16.5. The van der Waals surface area contributed by atoms with Crippen LogP contribution in [0.5, 0.6) is 0 Å². The number of hydrogen-bond donors (Lipinski definition) is 1. The van der Waals surface area contributed by atoms with E-state index in [1.165, 1.54) is 0 Å². The molecule has 4 nitrogen and oxygen atoms in total. The molecule has 1 heterocycles. The van der Waals surface area contributed by atoms with Gasteiger partial charge in [-0.15, -0.1) is 0 Å². The molecule has 1 unspecified atom stereocenters. The van der Waals surface area contributed by atoms with Gasteiger partial charge in [0, 0.05) is 19.3 Å². The molecule has 4 heteroatoms. The second kappa shape index (κ2) is 3.74. The summed E-state index contributed by atoms with van der Waals surface area (Å²) >= 11 is 0. The molecule has 1 atom stereocenters. The summed E-state index contributed by atoms with van der Waals surface area (Å²) < 4.78 is 5.21. The van der Waals surface area contributed by atoms with Crippen molar-refractivity contribution < 1.29 is 9.53 Å². The lowest BCUT2D eigenvalue weighted by Gasteiger charge is -2.29. The van der Waals surface area contributed by atoms with Crippen LogP contribution in [0.4, 0.5) is 0 Å². The minimum atomic E-state index is -0.850. The maximum atomic E-state index is 12.1. The lowest BCUT2D eigenvalue weighted by molar-refractivity contribution is -0.132. The topological polar surface area (TPSA) is 62.1 Å². The van der Waals surface area contributed by atoms with Gasteiger partial charge in [-0.3, -0.25) is 4.79 Å². The Kier molecular flexibility index (Phi) is 2.67. The zero-order valence-electron chi connectivity index (χ0n) is 9.88. The molecular weight excluding hydrogens is 204 g/mol. The highest BCUT2D eigenvalue weighted by molar-refractivity contribution is 5.86. The first-order chi connectivity index (χ1) is 7.50. The van der Waals surface area contributed by atoms with Gasteiger partial charge in [-0.1, -0.05) is 13.8 Å². The molecule has 1 aliphatic heterocycles. The van der Waals surface area contributed by atoms with Crippen LogP contribution < -0.4 is 5.32 Å². The summed E-state index contributed by atoms with van der Waals surface area (Å²) in [5.41, 5.74) is -0.644. The Hall–Kier alpha value is -1.08. The molecule has 2 fully saturated rings. The molecule has 16 heavy (non-hydrogen) atoms. The van der Waals surface area contributed by atoms with Gasteiger partial charge < -0.3 is 10.1 Å². The van der Waals surface area contributed by atoms with Crippen LogP contribution >= 0.6 is 0 Å². The number of carbonyl (C=O) groups excluding carboxylic acids is 1. The zero-order chi connectivity index (χ0) is 11.8. The van der Waals surface area contributed by atoms with Gasteiger partial charge in [0.25, 0.3) is 0 Å². The van der Waals surface area contributed by atoms with Crippen molar-refractivity contribution in [2.24, 2.45) is 10.8 Å². The molecule has 0 aromatic heterocycles. The van der Waals surface area contributed by atoms with Crippen molar-refractivity contribution in [3.8, 4) is 6.07 Å². The summed E-state index contributed by atoms with van der Waals surface area (Å²) in [7, 11) is 0. The molecule has 0 bridgehead atoms. The first-order valence-electron chi connectivity index (χ1n) is 5.80. The quantitative estimate of drug-likeness (QED) is 0.764. The molecule has 0 spiro atoms. The van der Waals surface area contributed by atoms with Crippen LogP contribution in [0.15, 0.2) is 0 Å². The van der Waals surface area contributed by atoms with E-state index in [1.54, 1.807) is 0 Å². The van der Waals surface area contributed by atoms with Crippen LogP contribution in [0.1, 0.15) is 33.1 Å². The van der Waals surface area contributed by atoms with Crippen LogP contribution in [0, 0.1) is 22.2 Å². The first-order valence-corrected chi connectivity index (χ1v) is 5.80. The molecule has 88 valence electrons. The minimum absolute atomic E-state index is 0.103. The van der Waals surface area contributed by atoms with Crippen LogP contribution in [0.2, 0.25) is 0 Å². The van der Waals surface area contributed by atoms with Gasteiger partial charge in [0.1, 0.15) is 5.41 Å². The van der Waals surface area contributed by atoms with E-state index < -0.39 is 5.41 Å². The average Bonchev–Trinajstić information content (AvgIpc) is 2.87. The Morgan fingerprint density at radius 2 is 2.00 bits per heavy atom. The maximum Gasteiger partial charge on any atom is 0.240 e. The smallest absolute Gasteiger partial charge is 0.240 e. The van der Waals surface area contributed by atoms with Gasteiger partial charge >= 0.3 is 0 Å². The van der Waals surface area contributed by atoms with Crippen molar-refractivity contribution >= 4 is 5.91 Å². The largest absolute Gasteiger partial charge is 0.381 e.